The lowest BCUT2D eigenvalue weighted by molar-refractivity contribution is -0.137. The molecular formula is C19H20O2S. The highest BCUT2D eigenvalue weighted by molar-refractivity contribution is 8.00. The van der Waals surface area contributed by atoms with Gasteiger partial charge in [0.15, 0.2) is 0 Å². The van der Waals surface area contributed by atoms with Crippen molar-refractivity contribution in [2.75, 3.05) is 6.61 Å². The van der Waals surface area contributed by atoms with Crippen LogP contribution in [-0.4, -0.2) is 12.6 Å². The Morgan fingerprint density at radius 1 is 1.14 bits per heavy atom. The first-order valence-electron chi connectivity index (χ1n) is 7.23. The SMILES string of the molecule is C=CC(=O)OCCC(C)(Sc1ccccc1)c1ccccc1. The molecule has 0 N–H and O–H groups in total. The van der Waals surface area contributed by atoms with Gasteiger partial charge in [0, 0.05) is 22.1 Å². The van der Waals surface area contributed by atoms with Gasteiger partial charge in [-0.2, -0.15) is 0 Å². The smallest absolute Gasteiger partial charge is 0.330 e. The maximum atomic E-state index is 11.2. The minimum Gasteiger partial charge on any atom is -0.462 e. The van der Waals surface area contributed by atoms with E-state index in [9.17, 15) is 4.79 Å². The lowest BCUT2D eigenvalue weighted by Crippen LogP contribution is -2.20. The first-order valence-corrected chi connectivity index (χ1v) is 8.04. The molecule has 0 fully saturated rings. The zero-order chi connectivity index (χ0) is 15.8. The van der Waals surface area contributed by atoms with Crippen LogP contribution in [0.3, 0.4) is 0 Å². The van der Waals surface area contributed by atoms with E-state index < -0.39 is 0 Å². The van der Waals surface area contributed by atoms with Gasteiger partial charge in [0.05, 0.1) is 6.61 Å². The predicted octanol–water partition coefficient (Wildman–Crippen LogP) is 4.81. The topological polar surface area (TPSA) is 26.3 Å². The molecule has 0 saturated carbocycles. The van der Waals surface area contributed by atoms with Crippen LogP contribution in [0, 0.1) is 0 Å². The van der Waals surface area contributed by atoms with E-state index in [-0.39, 0.29) is 10.7 Å². The lowest BCUT2D eigenvalue weighted by atomic mass is 9.97. The van der Waals surface area contributed by atoms with Crippen molar-refractivity contribution < 1.29 is 9.53 Å². The monoisotopic (exact) mass is 312 g/mol. The minimum absolute atomic E-state index is 0.163. The molecule has 0 spiro atoms. The Hall–Kier alpha value is -2.00. The molecule has 114 valence electrons. The molecule has 0 aliphatic carbocycles. The van der Waals surface area contributed by atoms with Crippen molar-refractivity contribution >= 4 is 17.7 Å². The highest BCUT2D eigenvalue weighted by atomic mass is 32.2. The molecule has 0 heterocycles. The standard InChI is InChI=1S/C19H20O2S/c1-3-18(20)21-15-14-19(2,16-10-6-4-7-11-16)22-17-12-8-5-9-13-17/h3-13H,1,14-15H2,2H3. The Morgan fingerprint density at radius 3 is 2.32 bits per heavy atom. The summed E-state index contributed by atoms with van der Waals surface area (Å²) in [5, 5.41) is 0. The molecule has 0 radical (unpaired) electrons. The fraction of sp³-hybridized carbons (Fsp3) is 0.211. The number of carbonyl (C=O) groups is 1. The van der Waals surface area contributed by atoms with Gasteiger partial charge in [-0.15, -0.1) is 11.8 Å². The number of carbonyl (C=O) groups excluding carboxylic acids is 1. The Kier molecular flexibility index (Phi) is 5.84. The van der Waals surface area contributed by atoms with Gasteiger partial charge in [0.25, 0.3) is 0 Å². The Bertz CT molecular complexity index is 610. The lowest BCUT2D eigenvalue weighted by Gasteiger charge is -2.29. The maximum Gasteiger partial charge on any atom is 0.330 e. The van der Waals surface area contributed by atoms with Crippen LogP contribution in [-0.2, 0) is 14.3 Å². The first-order chi connectivity index (χ1) is 10.6. The first kappa shape index (κ1) is 16.4. The molecule has 0 amide bonds. The maximum absolute atomic E-state index is 11.2. The second-order valence-electron chi connectivity index (χ2n) is 5.13. The molecule has 22 heavy (non-hydrogen) atoms. The number of ether oxygens (including phenoxy) is 1. The van der Waals surface area contributed by atoms with Crippen molar-refractivity contribution in [2.45, 2.75) is 23.0 Å². The van der Waals surface area contributed by atoms with Gasteiger partial charge in [-0.25, -0.2) is 4.79 Å². The van der Waals surface area contributed by atoms with Crippen LogP contribution in [0.4, 0.5) is 0 Å². The van der Waals surface area contributed by atoms with Crippen molar-refractivity contribution in [2.24, 2.45) is 0 Å². The van der Waals surface area contributed by atoms with Gasteiger partial charge in [-0.3, -0.25) is 0 Å². The van der Waals surface area contributed by atoms with Crippen LogP contribution in [0.25, 0.3) is 0 Å². The van der Waals surface area contributed by atoms with E-state index in [1.165, 1.54) is 16.5 Å². The summed E-state index contributed by atoms with van der Waals surface area (Å²) in [5.41, 5.74) is 1.22. The summed E-state index contributed by atoms with van der Waals surface area (Å²) >= 11 is 1.79. The van der Waals surface area contributed by atoms with Crippen molar-refractivity contribution in [3.63, 3.8) is 0 Å². The van der Waals surface area contributed by atoms with Crippen LogP contribution < -0.4 is 0 Å². The van der Waals surface area contributed by atoms with E-state index in [0.717, 1.165) is 6.42 Å². The summed E-state index contributed by atoms with van der Waals surface area (Å²) in [4.78, 5) is 12.4. The van der Waals surface area contributed by atoms with E-state index in [2.05, 4.69) is 37.8 Å². The van der Waals surface area contributed by atoms with Gasteiger partial charge in [-0.05, 0) is 24.6 Å². The molecule has 0 bridgehead atoms. The molecule has 2 rings (SSSR count). The molecule has 0 aliphatic rings. The largest absolute Gasteiger partial charge is 0.462 e. The number of esters is 1. The molecule has 0 aromatic heterocycles. The fourth-order valence-electron chi connectivity index (χ4n) is 2.20. The van der Waals surface area contributed by atoms with Gasteiger partial charge in [0.2, 0.25) is 0 Å². The van der Waals surface area contributed by atoms with Crippen molar-refractivity contribution in [3.8, 4) is 0 Å². The number of hydrogen-bond donors (Lipinski definition) is 0. The highest BCUT2D eigenvalue weighted by Crippen LogP contribution is 2.43. The molecular weight excluding hydrogens is 292 g/mol. The van der Waals surface area contributed by atoms with Crippen molar-refractivity contribution in [1.82, 2.24) is 0 Å². The number of rotatable bonds is 7. The number of benzene rings is 2. The molecule has 1 atom stereocenters. The average Bonchev–Trinajstić information content (AvgIpc) is 2.56. The van der Waals surface area contributed by atoms with Gasteiger partial charge >= 0.3 is 5.97 Å². The number of thioether (sulfide) groups is 1. The predicted molar refractivity (Wildman–Crippen MR) is 91.9 cm³/mol. The van der Waals surface area contributed by atoms with Gasteiger partial charge in [-0.1, -0.05) is 55.1 Å². The molecule has 2 aromatic rings. The zero-order valence-electron chi connectivity index (χ0n) is 12.7. The van der Waals surface area contributed by atoms with E-state index in [1.807, 2.05) is 36.4 Å². The van der Waals surface area contributed by atoms with Gasteiger partial charge < -0.3 is 4.74 Å². The van der Waals surface area contributed by atoms with Crippen LogP contribution >= 0.6 is 11.8 Å². The second kappa shape index (κ2) is 7.85. The molecule has 2 aromatic carbocycles. The second-order valence-corrected chi connectivity index (χ2v) is 6.71. The minimum atomic E-state index is -0.375. The molecule has 0 aliphatic heterocycles. The summed E-state index contributed by atoms with van der Waals surface area (Å²) in [6.45, 7) is 5.98. The molecule has 1 unspecified atom stereocenters. The van der Waals surface area contributed by atoms with E-state index in [1.54, 1.807) is 11.8 Å². The average molecular weight is 312 g/mol. The zero-order valence-corrected chi connectivity index (χ0v) is 13.5. The quantitative estimate of drug-likeness (QED) is 0.417. The van der Waals surface area contributed by atoms with Crippen LogP contribution in [0.5, 0.6) is 0 Å². The third-order valence-electron chi connectivity index (χ3n) is 3.46. The highest BCUT2D eigenvalue weighted by Gasteiger charge is 2.28. The Balaban J connectivity index is 2.16. The Labute approximate surface area is 136 Å². The summed E-state index contributed by atoms with van der Waals surface area (Å²) in [6, 6.07) is 20.6. The summed E-state index contributed by atoms with van der Waals surface area (Å²) in [7, 11) is 0. The molecule has 2 nitrogen and oxygen atoms in total. The molecule has 3 heteroatoms. The third kappa shape index (κ3) is 4.50. The van der Waals surface area contributed by atoms with Crippen molar-refractivity contribution in [1.29, 1.82) is 0 Å². The Morgan fingerprint density at radius 2 is 1.73 bits per heavy atom. The van der Waals surface area contributed by atoms with Crippen LogP contribution in [0.15, 0.2) is 78.2 Å². The van der Waals surface area contributed by atoms with E-state index >= 15 is 0 Å². The van der Waals surface area contributed by atoms with E-state index in [4.69, 9.17) is 4.74 Å². The third-order valence-corrected chi connectivity index (χ3v) is 4.86. The fourth-order valence-corrected chi connectivity index (χ4v) is 3.45. The number of hydrogen-bond acceptors (Lipinski definition) is 3. The van der Waals surface area contributed by atoms with E-state index in [0.29, 0.717) is 6.61 Å². The van der Waals surface area contributed by atoms with Crippen LogP contribution in [0.2, 0.25) is 0 Å². The summed E-state index contributed by atoms with van der Waals surface area (Å²) in [5.74, 6) is -0.375. The normalized spacial score (nSPS) is 13.1. The summed E-state index contributed by atoms with van der Waals surface area (Å²) in [6.07, 6.45) is 1.93. The van der Waals surface area contributed by atoms with Crippen LogP contribution in [0.1, 0.15) is 18.9 Å². The summed E-state index contributed by atoms with van der Waals surface area (Å²) < 4.78 is 5.01. The van der Waals surface area contributed by atoms with Crippen molar-refractivity contribution in [3.05, 3.63) is 78.9 Å². The molecule has 0 saturated heterocycles. The van der Waals surface area contributed by atoms with Gasteiger partial charge in [0.1, 0.15) is 0 Å².